The lowest BCUT2D eigenvalue weighted by atomic mass is 10.2. The minimum atomic E-state index is -1.12. The molecule has 5 heterocycles. The molecule has 2 atom stereocenters. The van der Waals surface area contributed by atoms with Crippen LogP contribution in [0.5, 0.6) is 0 Å². The van der Waals surface area contributed by atoms with Crippen LogP contribution in [-0.4, -0.2) is 41.7 Å². The van der Waals surface area contributed by atoms with Crippen molar-refractivity contribution in [1.29, 1.82) is 0 Å². The number of halogens is 1. The van der Waals surface area contributed by atoms with E-state index >= 15 is 0 Å². The lowest BCUT2D eigenvalue weighted by Gasteiger charge is -2.31. The third kappa shape index (κ3) is 3.56. The molecule has 0 saturated heterocycles. The van der Waals surface area contributed by atoms with Crippen LogP contribution in [0.15, 0.2) is 31.5 Å². The average Bonchev–Trinajstić information content (AvgIpc) is 3.50. The van der Waals surface area contributed by atoms with Crippen molar-refractivity contribution in [3.05, 3.63) is 60.7 Å². The Morgan fingerprint density at radius 3 is 2.71 bits per heavy atom. The molecule has 4 aromatic heterocycles. The molecule has 13 heteroatoms. The Labute approximate surface area is 205 Å². The number of aromatic nitrogens is 4. The van der Waals surface area contributed by atoms with Crippen molar-refractivity contribution in [3.63, 3.8) is 0 Å². The molecule has 1 aliphatic heterocycles. The normalized spacial score (nSPS) is 17.8. The summed E-state index contributed by atoms with van der Waals surface area (Å²) in [5.41, 5.74) is 1.80. The van der Waals surface area contributed by atoms with Gasteiger partial charge >= 0.3 is 11.8 Å². The van der Waals surface area contributed by atoms with Crippen LogP contribution in [0.3, 0.4) is 0 Å². The number of nitrogens with one attached hydrogen (secondary N) is 1. The van der Waals surface area contributed by atoms with Gasteiger partial charge in [0.1, 0.15) is 16.0 Å². The van der Waals surface area contributed by atoms with E-state index in [1.807, 2.05) is 16.9 Å². The monoisotopic (exact) mass is 521 g/mol. The molecule has 34 heavy (non-hydrogen) atoms. The Bertz CT molecular complexity index is 1560. The summed E-state index contributed by atoms with van der Waals surface area (Å²) in [5, 5.41) is 14.2. The zero-order valence-electron chi connectivity index (χ0n) is 18.4. The number of carboxylic acid groups (broad SMARTS) is 1. The van der Waals surface area contributed by atoms with Gasteiger partial charge in [0.15, 0.2) is 5.22 Å². The maximum absolute atomic E-state index is 13.4. The van der Waals surface area contributed by atoms with Gasteiger partial charge in [-0.25, -0.2) is 14.6 Å². The Balaban J connectivity index is 1.87. The molecule has 178 valence electrons. The lowest BCUT2D eigenvalue weighted by molar-refractivity contribution is 0.194. The first-order chi connectivity index (χ1) is 16.2. The molecule has 0 bridgehead atoms. The predicted octanol–water partition coefficient (Wildman–Crippen LogP) is 3.19. The number of furan rings is 1. The molecule has 1 amide bonds. The fourth-order valence-electron chi connectivity index (χ4n) is 4.37. The molecule has 0 aliphatic carbocycles. The molecule has 0 spiro atoms. The molecule has 10 nitrogen and oxygen atoms in total. The third-order valence-corrected chi connectivity index (χ3v) is 8.42. The summed E-state index contributed by atoms with van der Waals surface area (Å²) in [6, 6.07) is 3.39. The topological polar surface area (TPSA) is 124 Å². The van der Waals surface area contributed by atoms with Crippen molar-refractivity contribution >= 4 is 51.7 Å². The highest BCUT2D eigenvalue weighted by molar-refractivity contribution is 8.00. The second kappa shape index (κ2) is 8.36. The van der Waals surface area contributed by atoms with Crippen LogP contribution in [0, 0.1) is 6.92 Å². The van der Waals surface area contributed by atoms with Crippen LogP contribution in [0.25, 0.3) is 21.6 Å². The molecule has 1 aliphatic rings. The van der Waals surface area contributed by atoms with E-state index in [4.69, 9.17) is 21.1 Å². The van der Waals surface area contributed by atoms with Gasteiger partial charge in [-0.15, -0.1) is 23.1 Å². The maximum Gasteiger partial charge on any atom is 0.404 e. The highest BCUT2D eigenvalue weighted by atomic mass is 35.5. The van der Waals surface area contributed by atoms with Crippen LogP contribution in [0.2, 0.25) is 5.22 Å². The summed E-state index contributed by atoms with van der Waals surface area (Å²) in [7, 11) is 3.09. The summed E-state index contributed by atoms with van der Waals surface area (Å²) < 4.78 is 10.3. The van der Waals surface area contributed by atoms with E-state index in [-0.39, 0.29) is 17.0 Å². The second-order valence-electron chi connectivity index (χ2n) is 8.03. The molecule has 2 unspecified atom stereocenters. The Morgan fingerprint density at radius 2 is 2.09 bits per heavy atom. The Hall–Kier alpha value is -2.96. The number of nitrogens with zero attached hydrogens (tertiary/aromatic N) is 4. The first-order valence-electron chi connectivity index (χ1n) is 10.3. The van der Waals surface area contributed by atoms with E-state index < -0.39 is 22.6 Å². The average molecular weight is 522 g/mol. The van der Waals surface area contributed by atoms with Crippen LogP contribution in [-0.2, 0) is 20.6 Å². The molecule has 4 aromatic rings. The summed E-state index contributed by atoms with van der Waals surface area (Å²) in [6.45, 7) is 2.47. The van der Waals surface area contributed by atoms with Crippen molar-refractivity contribution in [2.75, 3.05) is 6.54 Å². The van der Waals surface area contributed by atoms with E-state index in [2.05, 4.69) is 10.3 Å². The molecule has 0 fully saturated rings. The number of amides is 1. The van der Waals surface area contributed by atoms with Crippen LogP contribution in [0.4, 0.5) is 4.79 Å². The van der Waals surface area contributed by atoms with Crippen LogP contribution >= 0.6 is 34.7 Å². The first kappa shape index (κ1) is 22.8. The van der Waals surface area contributed by atoms with E-state index in [1.165, 1.54) is 34.7 Å². The number of hydrogen-bond acceptors (Lipinski definition) is 7. The van der Waals surface area contributed by atoms with Gasteiger partial charge in [0, 0.05) is 43.5 Å². The second-order valence-corrected chi connectivity index (χ2v) is 10.7. The highest BCUT2D eigenvalue weighted by Gasteiger charge is 2.38. The van der Waals surface area contributed by atoms with Gasteiger partial charge in [-0.2, -0.15) is 0 Å². The minimum absolute atomic E-state index is 0.181. The number of hydrogen-bond donors (Lipinski definition) is 2. The van der Waals surface area contributed by atoms with Gasteiger partial charge in [-0.1, -0.05) is 0 Å². The first-order valence-corrected chi connectivity index (χ1v) is 12.5. The number of aryl methyl sites for hydroxylation is 2. The van der Waals surface area contributed by atoms with Crippen LogP contribution < -0.4 is 16.6 Å². The van der Waals surface area contributed by atoms with Crippen molar-refractivity contribution in [3.8, 4) is 10.7 Å². The summed E-state index contributed by atoms with van der Waals surface area (Å²) in [4.78, 5) is 42.2. The van der Waals surface area contributed by atoms with Crippen molar-refractivity contribution in [2.45, 2.75) is 24.0 Å². The third-order valence-electron chi connectivity index (χ3n) is 5.82. The number of thiazole rings is 1. The smallest absolute Gasteiger partial charge is 0.404 e. The fourth-order valence-corrected chi connectivity index (χ4v) is 6.81. The number of carbonyl (C=O) groups is 1. The van der Waals surface area contributed by atoms with Crippen molar-refractivity contribution in [2.24, 2.45) is 14.1 Å². The summed E-state index contributed by atoms with van der Waals surface area (Å²) in [6.07, 6.45) is -1.12. The Kier molecular flexibility index (Phi) is 5.61. The lowest BCUT2D eigenvalue weighted by Crippen LogP contribution is -2.37. The SMILES string of the molecule is Cc1csc(-c2c3c(=O)n(C)c(=O)n(C)c3c3n2CC(CNC(=O)O)SC3c2ccc(Cl)o2)n1. The zero-order valence-corrected chi connectivity index (χ0v) is 20.8. The molecular weight excluding hydrogens is 502 g/mol. The number of fused-ring (bicyclic) bond motifs is 3. The molecule has 0 saturated carbocycles. The molecule has 0 aromatic carbocycles. The predicted molar refractivity (Wildman–Crippen MR) is 131 cm³/mol. The van der Waals surface area contributed by atoms with Gasteiger partial charge in [0.05, 0.1) is 22.3 Å². The standard InChI is InChI=1S/C21H20ClN5O5S2/c1-9-8-33-18(24-9)15-13-14(25(2)21(31)26(3)19(13)28)16-17(11-4-5-12(22)32-11)34-10(7-27(15)16)6-23-20(29)30/h4-5,8,10,17,23H,6-7H2,1-3H3,(H,29,30). The summed E-state index contributed by atoms with van der Waals surface area (Å²) >= 11 is 8.99. The van der Waals surface area contributed by atoms with Gasteiger partial charge < -0.3 is 19.4 Å². The van der Waals surface area contributed by atoms with E-state index in [1.54, 1.807) is 19.2 Å². The van der Waals surface area contributed by atoms with Crippen molar-refractivity contribution < 1.29 is 14.3 Å². The van der Waals surface area contributed by atoms with Gasteiger partial charge in [0.2, 0.25) is 0 Å². The van der Waals surface area contributed by atoms with Gasteiger partial charge in [-0.05, 0) is 30.7 Å². The fraction of sp³-hybridized carbons (Fsp3) is 0.333. The Morgan fingerprint density at radius 1 is 1.32 bits per heavy atom. The minimum Gasteiger partial charge on any atom is -0.465 e. The van der Waals surface area contributed by atoms with Crippen molar-refractivity contribution in [1.82, 2.24) is 24.0 Å². The number of thioether (sulfide) groups is 1. The largest absolute Gasteiger partial charge is 0.465 e. The highest BCUT2D eigenvalue weighted by Crippen LogP contribution is 2.49. The summed E-state index contributed by atoms with van der Waals surface area (Å²) in [5.74, 6) is 0.547. The van der Waals surface area contributed by atoms with Crippen LogP contribution in [0.1, 0.15) is 22.4 Å². The molecule has 2 N–H and O–H groups in total. The maximum atomic E-state index is 13.4. The molecular formula is C21H20ClN5O5S2. The van der Waals surface area contributed by atoms with E-state index in [0.717, 1.165) is 16.0 Å². The number of rotatable bonds is 4. The zero-order chi connectivity index (χ0) is 24.3. The van der Waals surface area contributed by atoms with E-state index in [0.29, 0.717) is 33.9 Å². The quantitative estimate of drug-likeness (QED) is 0.422. The molecule has 5 rings (SSSR count). The molecule has 0 radical (unpaired) electrons. The van der Waals surface area contributed by atoms with Gasteiger partial charge in [-0.3, -0.25) is 13.9 Å². The van der Waals surface area contributed by atoms with Gasteiger partial charge in [0.25, 0.3) is 5.56 Å². The van der Waals surface area contributed by atoms with E-state index in [9.17, 15) is 14.4 Å².